The predicted molar refractivity (Wildman–Crippen MR) is 88.4 cm³/mol. The Hall–Kier alpha value is -3.14. The first kappa shape index (κ1) is 16.2. The van der Waals surface area contributed by atoms with Crippen molar-refractivity contribution in [3.05, 3.63) is 83.4 Å². The van der Waals surface area contributed by atoms with Gasteiger partial charge in [0.1, 0.15) is 5.75 Å². The van der Waals surface area contributed by atoms with Crippen LogP contribution in [-0.2, 0) is 4.74 Å². The summed E-state index contributed by atoms with van der Waals surface area (Å²) in [5.41, 5.74) is 1.28. The number of ketones is 1. The van der Waals surface area contributed by atoms with E-state index in [1.54, 1.807) is 12.2 Å². The molecule has 0 aliphatic carbocycles. The number of methoxy groups -OCH3 is 1. The summed E-state index contributed by atoms with van der Waals surface area (Å²) in [4.78, 5) is 23.6. The number of phenols is 1. The minimum atomic E-state index is -0.563. The zero-order chi connectivity index (χ0) is 16.7. The number of hydrogen-bond acceptors (Lipinski definition) is 4. The third kappa shape index (κ3) is 4.41. The van der Waals surface area contributed by atoms with Gasteiger partial charge in [-0.25, -0.2) is 4.79 Å². The molecule has 0 saturated heterocycles. The van der Waals surface area contributed by atoms with E-state index in [1.165, 1.54) is 31.4 Å². The number of carbonyl (C=O) groups is 2. The summed E-state index contributed by atoms with van der Waals surface area (Å²) < 4.78 is 4.60. The van der Waals surface area contributed by atoms with Crippen LogP contribution in [-0.4, -0.2) is 24.0 Å². The molecule has 0 bridgehead atoms. The minimum Gasteiger partial charge on any atom is -0.507 e. The van der Waals surface area contributed by atoms with Crippen LogP contribution in [0, 0.1) is 0 Å². The number of hydrogen-bond donors (Lipinski definition) is 1. The van der Waals surface area contributed by atoms with Crippen LogP contribution in [0.1, 0.15) is 26.3 Å². The van der Waals surface area contributed by atoms with Crippen molar-refractivity contribution in [1.29, 1.82) is 0 Å². The number of esters is 1. The lowest BCUT2D eigenvalue weighted by Crippen LogP contribution is -2.04. The maximum Gasteiger partial charge on any atom is 0.337 e. The van der Waals surface area contributed by atoms with Crippen LogP contribution < -0.4 is 0 Å². The van der Waals surface area contributed by atoms with Gasteiger partial charge in [-0.2, -0.15) is 0 Å². The zero-order valence-electron chi connectivity index (χ0n) is 12.6. The Morgan fingerprint density at radius 3 is 2.48 bits per heavy atom. The van der Waals surface area contributed by atoms with Crippen molar-refractivity contribution in [2.24, 2.45) is 0 Å². The number of ether oxygens (including phenoxy) is 1. The van der Waals surface area contributed by atoms with Gasteiger partial charge in [-0.1, -0.05) is 48.6 Å². The summed E-state index contributed by atoms with van der Waals surface area (Å²) in [5, 5.41) is 9.77. The highest BCUT2D eigenvalue weighted by molar-refractivity contribution is 6.08. The first-order valence-corrected chi connectivity index (χ1v) is 6.97. The summed E-state index contributed by atoms with van der Waals surface area (Å²) >= 11 is 0. The summed E-state index contributed by atoms with van der Waals surface area (Å²) in [5.74, 6) is -1.14. The van der Waals surface area contributed by atoms with Crippen LogP contribution in [0.25, 0.3) is 6.08 Å². The molecule has 0 heterocycles. The van der Waals surface area contributed by atoms with Gasteiger partial charge in [-0.05, 0) is 29.8 Å². The van der Waals surface area contributed by atoms with E-state index < -0.39 is 11.8 Å². The van der Waals surface area contributed by atoms with Gasteiger partial charge < -0.3 is 9.84 Å². The monoisotopic (exact) mass is 308 g/mol. The average Bonchev–Trinajstić information content (AvgIpc) is 2.59. The third-order valence-electron chi connectivity index (χ3n) is 3.13. The topological polar surface area (TPSA) is 63.6 Å². The quantitative estimate of drug-likeness (QED) is 0.396. The average molecular weight is 308 g/mol. The molecule has 0 unspecified atom stereocenters. The molecule has 0 radical (unpaired) electrons. The standard InChI is InChI=1S/C19H16O4/c1-23-19(22)15-11-12-18(21)16(13-15)17(20)10-6-5-9-14-7-3-2-4-8-14/h2-13,21H,1H3. The molecule has 1 N–H and O–H groups in total. The lowest BCUT2D eigenvalue weighted by molar-refractivity contribution is 0.0600. The molecule has 4 nitrogen and oxygen atoms in total. The van der Waals surface area contributed by atoms with E-state index in [9.17, 15) is 14.7 Å². The number of rotatable bonds is 5. The largest absolute Gasteiger partial charge is 0.507 e. The second kappa shape index (κ2) is 7.75. The van der Waals surface area contributed by atoms with Gasteiger partial charge in [-0.3, -0.25) is 4.79 Å². The zero-order valence-corrected chi connectivity index (χ0v) is 12.6. The van der Waals surface area contributed by atoms with Crippen molar-refractivity contribution in [2.75, 3.05) is 7.11 Å². The lowest BCUT2D eigenvalue weighted by atomic mass is 10.1. The normalized spacial score (nSPS) is 11.0. The van der Waals surface area contributed by atoms with Crippen molar-refractivity contribution >= 4 is 17.8 Å². The molecule has 0 atom stereocenters. The highest BCUT2D eigenvalue weighted by Gasteiger charge is 2.13. The van der Waals surface area contributed by atoms with Crippen molar-refractivity contribution in [2.45, 2.75) is 0 Å². The molecular weight excluding hydrogens is 292 g/mol. The fraction of sp³-hybridized carbons (Fsp3) is 0.0526. The summed E-state index contributed by atoms with van der Waals surface area (Å²) in [6, 6.07) is 13.7. The van der Waals surface area contributed by atoms with Crippen LogP contribution in [0.5, 0.6) is 5.75 Å². The highest BCUT2D eigenvalue weighted by Crippen LogP contribution is 2.20. The van der Waals surface area contributed by atoms with Crippen molar-refractivity contribution in [1.82, 2.24) is 0 Å². The smallest absolute Gasteiger partial charge is 0.337 e. The molecule has 2 aromatic carbocycles. The van der Waals surface area contributed by atoms with Crippen LogP contribution in [0.15, 0.2) is 66.8 Å². The molecule has 2 aromatic rings. The maximum atomic E-state index is 12.1. The summed E-state index contributed by atoms with van der Waals surface area (Å²) in [6.07, 6.45) is 6.50. The molecule has 116 valence electrons. The Balaban J connectivity index is 2.12. The Morgan fingerprint density at radius 1 is 1.04 bits per heavy atom. The number of carbonyl (C=O) groups excluding carboxylic acids is 2. The first-order valence-electron chi connectivity index (χ1n) is 6.97. The Kier molecular flexibility index (Phi) is 5.47. The van der Waals surface area contributed by atoms with Crippen molar-refractivity contribution < 1.29 is 19.4 Å². The highest BCUT2D eigenvalue weighted by atomic mass is 16.5. The van der Waals surface area contributed by atoms with Gasteiger partial charge in [-0.15, -0.1) is 0 Å². The third-order valence-corrected chi connectivity index (χ3v) is 3.13. The van der Waals surface area contributed by atoms with E-state index in [1.807, 2.05) is 36.4 Å². The van der Waals surface area contributed by atoms with Gasteiger partial charge in [0.2, 0.25) is 0 Å². The van der Waals surface area contributed by atoms with E-state index in [4.69, 9.17) is 0 Å². The SMILES string of the molecule is COC(=O)c1ccc(O)c(C(=O)C=CC=Cc2ccccc2)c1. The molecule has 0 aliphatic rings. The summed E-state index contributed by atoms with van der Waals surface area (Å²) in [6.45, 7) is 0. The molecule has 0 amide bonds. The van der Waals surface area contributed by atoms with Gasteiger partial charge in [0.05, 0.1) is 18.2 Å². The number of benzene rings is 2. The Morgan fingerprint density at radius 2 is 1.78 bits per heavy atom. The molecule has 0 aromatic heterocycles. The van der Waals surface area contributed by atoms with E-state index in [0.29, 0.717) is 0 Å². The molecule has 4 heteroatoms. The Bertz CT molecular complexity index is 758. The van der Waals surface area contributed by atoms with Crippen LogP contribution in [0.2, 0.25) is 0 Å². The molecular formula is C19H16O4. The first-order chi connectivity index (χ1) is 11.1. The van der Waals surface area contributed by atoms with Gasteiger partial charge >= 0.3 is 5.97 Å². The van der Waals surface area contributed by atoms with E-state index in [2.05, 4.69) is 4.74 Å². The molecule has 0 fully saturated rings. The van der Waals surface area contributed by atoms with Gasteiger partial charge in [0.25, 0.3) is 0 Å². The molecule has 0 spiro atoms. The van der Waals surface area contributed by atoms with E-state index >= 15 is 0 Å². The van der Waals surface area contributed by atoms with Crippen LogP contribution >= 0.6 is 0 Å². The second-order valence-electron chi connectivity index (χ2n) is 4.72. The maximum absolute atomic E-state index is 12.1. The van der Waals surface area contributed by atoms with E-state index in [0.717, 1.165) is 5.56 Å². The number of phenolic OH excluding ortho intramolecular Hbond substituents is 1. The van der Waals surface area contributed by atoms with Gasteiger partial charge in [0.15, 0.2) is 5.78 Å². The molecule has 0 aliphatic heterocycles. The number of allylic oxidation sites excluding steroid dienone is 3. The van der Waals surface area contributed by atoms with E-state index in [-0.39, 0.29) is 16.9 Å². The minimum absolute atomic E-state index is 0.0530. The molecule has 2 rings (SSSR count). The Labute approximate surface area is 134 Å². The van der Waals surface area contributed by atoms with Crippen molar-refractivity contribution in [3.63, 3.8) is 0 Å². The van der Waals surface area contributed by atoms with Crippen LogP contribution in [0.4, 0.5) is 0 Å². The van der Waals surface area contributed by atoms with Crippen molar-refractivity contribution in [3.8, 4) is 5.75 Å². The lowest BCUT2D eigenvalue weighted by Gasteiger charge is -2.03. The predicted octanol–water partition coefficient (Wildman–Crippen LogP) is 3.63. The van der Waals surface area contributed by atoms with Crippen LogP contribution in [0.3, 0.4) is 0 Å². The fourth-order valence-electron chi connectivity index (χ4n) is 1.94. The number of aromatic hydroxyl groups is 1. The molecule has 23 heavy (non-hydrogen) atoms. The molecule has 0 saturated carbocycles. The second-order valence-corrected chi connectivity index (χ2v) is 4.72. The fourth-order valence-corrected chi connectivity index (χ4v) is 1.94. The van der Waals surface area contributed by atoms with Gasteiger partial charge in [0, 0.05) is 0 Å². The summed E-state index contributed by atoms with van der Waals surface area (Å²) in [7, 11) is 1.25.